The van der Waals surface area contributed by atoms with Crippen LogP contribution in [0.2, 0.25) is 0 Å². The summed E-state index contributed by atoms with van der Waals surface area (Å²) in [5.41, 5.74) is 3.10. The highest BCUT2D eigenvalue weighted by Crippen LogP contribution is 2.52. The van der Waals surface area contributed by atoms with Crippen molar-refractivity contribution in [3.8, 4) is 0 Å². The first kappa shape index (κ1) is 20.2. The lowest BCUT2D eigenvalue weighted by molar-refractivity contribution is 0.103. The third-order valence-corrected chi connectivity index (χ3v) is 6.78. The van der Waals surface area contributed by atoms with E-state index in [0.717, 1.165) is 43.7 Å². The number of fused-ring (bicyclic) bond motifs is 1. The fourth-order valence-corrected chi connectivity index (χ4v) is 5.13. The molecule has 0 radical (unpaired) electrons. The Morgan fingerprint density at radius 1 is 0.969 bits per heavy atom. The van der Waals surface area contributed by atoms with Crippen molar-refractivity contribution in [2.45, 2.75) is 25.3 Å². The molecule has 1 saturated heterocycles. The summed E-state index contributed by atoms with van der Waals surface area (Å²) >= 11 is 0. The molecule has 7 nitrogen and oxygen atoms in total. The zero-order valence-electron chi connectivity index (χ0n) is 17.6. The van der Waals surface area contributed by atoms with Gasteiger partial charge in [-0.1, -0.05) is 54.6 Å². The maximum Gasteiger partial charge on any atom is 0.405 e. The minimum absolute atomic E-state index is 0.130. The molecule has 7 heteroatoms. The molecule has 2 aromatic carbocycles. The van der Waals surface area contributed by atoms with E-state index >= 15 is 0 Å². The van der Waals surface area contributed by atoms with E-state index in [2.05, 4.69) is 26.3 Å². The monoisotopic (exact) mass is 428 g/mol. The van der Waals surface area contributed by atoms with Gasteiger partial charge in [0.2, 0.25) is 5.78 Å². The summed E-state index contributed by atoms with van der Waals surface area (Å²) in [4.78, 5) is 35.1. The first-order valence-corrected chi connectivity index (χ1v) is 10.8. The number of carbonyl (C=O) groups is 2. The first-order valence-electron chi connectivity index (χ1n) is 10.8. The summed E-state index contributed by atoms with van der Waals surface area (Å²) in [7, 11) is 0. The van der Waals surface area contributed by atoms with Gasteiger partial charge >= 0.3 is 6.09 Å². The van der Waals surface area contributed by atoms with Crippen LogP contribution in [-0.2, 0) is 6.42 Å². The number of nitrogens with one attached hydrogen (secondary N) is 1. The molecule has 2 N–H and O–H groups in total. The number of anilines is 1. The van der Waals surface area contributed by atoms with Crippen LogP contribution < -0.4 is 10.2 Å². The van der Waals surface area contributed by atoms with Gasteiger partial charge in [0, 0.05) is 24.1 Å². The minimum atomic E-state index is -0.988. The molecule has 3 aromatic rings. The first-order chi connectivity index (χ1) is 15.6. The van der Waals surface area contributed by atoms with E-state index in [1.807, 2.05) is 36.4 Å². The van der Waals surface area contributed by atoms with Crippen LogP contribution in [0.4, 0.5) is 10.6 Å². The smallest absolute Gasteiger partial charge is 0.405 e. The Hall–Kier alpha value is -3.74. The fourth-order valence-electron chi connectivity index (χ4n) is 5.13. The lowest BCUT2D eigenvalue weighted by atomic mass is 9.72. The number of aromatic nitrogens is 2. The van der Waals surface area contributed by atoms with Gasteiger partial charge in [0.05, 0.1) is 18.4 Å². The zero-order chi connectivity index (χ0) is 22.1. The third kappa shape index (κ3) is 3.60. The number of carboxylic acid groups (broad SMARTS) is 1. The van der Waals surface area contributed by atoms with Gasteiger partial charge in [-0.05, 0) is 30.4 Å². The van der Waals surface area contributed by atoms with Gasteiger partial charge in [-0.25, -0.2) is 14.8 Å². The second-order valence-electron chi connectivity index (χ2n) is 8.56. The lowest BCUT2D eigenvalue weighted by Crippen LogP contribution is -2.47. The number of hydrogen-bond acceptors (Lipinski definition) is 5. The lowest BCUT2D eigenvalue weighted by Gasteiger charge is -2.43. The molecule has 2 heterocycles. The highest BCUT2D eigenvalue weighted by Gasteiger charge is 2.48. The van der Waals surface area contributed by atoms with Crippen LogP contribution in [0.25, 0.3) is 0 Å². The Morgan fingerprint density at radius 2 is 1.69 bits per heavy atom. The molecule has 5 rings (SSSR count). The predicted octanol–water partition coefficient (Wildman–Crippen LogP) is 3.86. The van der Waals surface area contributed by atoms with Crippen LogP contribution in [0.3, 0.4) is 0 Å². The van der Waals surface area contributed by atoms with Crippen molar-refractivity contribution in [3.05, 3.63) is 89.4 Å². The van der Waals surface area contributed by atoms with Crippen molar-refractivity contribution in [2.24, 2.45) is 5.41 Å². The van der Waals surface area contributed by atoms with E-state index < -0.39 is 6.09 Å². The number of rotatable bonds is 4. The second kappa shape index (κ2) is 8.07. The highest BCUT2D eigenvalue weighted by atomic mass is 16.4. The summed E-state index contributed by atoms with van der Waals surface area (Å²) in [6.07, 6.45) is 4.77. The van der Waals surface area contributed by atoms with E-state index in [-0.39, 0.29) is 17.2 Å². The Kier molecular flexibility index (Phi) is 5.09. The third-order valence-electron chi connectivity index (χ3n) is 6.78. The Balaban J connectivity index is 1.30. The molecule has 162 valence electrons. The molecular formula is C25H24N4O3. The average molecular weight is 428 g/mol. The van der Waals surface area contributed by atoms with Crippen molar-refractivity contribution >= 4 is 17.7 Å². The van der Waals surface area contributed by atoms with Gasteiger partial charge in [-0.2, -0.15) is 0 Å². The molecule has 0 saturated carbocycles. The number of benzene rings is 2. The molecule has 32 heavy (non-hydrogen) atoms. The number of ketones is 1. The van der Waals surface area contributed by atoms with Crippen molar-refractivity contribution in [3.63, 3.8) is 0 Å². The largest absolute Gasteiger partial charge is 0.465 e. The van der Waals surface area contributed by atoms with Crippen LogP contribution >= 0.6 is 0 Å². The number of carbonyl (C=O) groups excluding carboxylic acids is 1. The van der Waals surface area contributed by atoms with E-state index in [4.69, 9.17) is 0 Å². The molecule has 1 spiro atoms. The van der Waals surface area contributed by atoms with Gasteiger partial charge < -0.3 is 15.3 Å². The molecule has 2 aliphatic rings. The number of nitrogens with zero attached hydrogens (tertiary/aromatic N) is 3. The Labute approximate surface area is 186 Å². The fraction of sp³-hybridized carbons (Fsp3) is 0.280. The number of amides is 1. The van der Waals surface area contributed by atoms with Crippen LogP contribution in [0, 0.1) is 5.41 Å². The molecule has 1 aliphatic carbocycles. The maximum atomic E-state index is 12.6. The van der Waals surface area contributed by atoms with E-state index in [9.17, 15) is 14.7 Å². The Morgan fingerprint density at radius 3 is 2.38 bits per heavy atom. The van der Waals surface area contributed by atoms with Gasteiger partial charge in [0.15, 0.2) is 0 Å². The summed E-state index contributed by atoms with van der Waals surface area (Å²) in [5.74, 6) is 0.594. The van der Waals surface area contributed by atoms with Gasteiger partial charge in [0.25, 0.3) is 0 Å². The summed E-state index contributed by atoms with van der Waals surface area (Å²) in [5, 5.41) is 12.2. The molecule has 1 aliphatic heterocycles. The minimum Gasteiger partial charge on any atom is -0.465 e. The normalized spacial score (nSPS) is 18.9. The van der Waals surface area contributed by atoms with E-state index in [1.54, 1.807) is 18.3 Å². The van der Waals surface area contributed by atoms with Crippen LogP contribution in [0.15, 0.2) is 67.0 Å². The summed E-state index contributed by atoms with van der Waals surface area (Å²) in [6, 6.07) is 17.0. The van der Waals surface area contributed by atoms with Crippen molar-refractivity contribution in [2.75, 3.05) is 18.0 Å². The van der Waals surface area contributed by atoms with Crippen LogP contribution in [0.1, 0.15) is 46.1 Å². The van der Waals surface area contributed by atoms with E-state index in [1.165, 1.54) is 11.8 Å². The standard InChI is InChI=1S/C25H24N4O3/c30-22(17-6-2-1-3-7-17)20-15-27-21(16-26-20)29-12-10-25(11-13-29)14-18-8-4-5-9-19(18)23(25)28-24(31)32/h1-9,15-16,23,28H,10-14H2,(H,31,32)/t23-/m1/s1. The maximum absolute atomic E-state index is 12.6. The predicted molar refractivity (Wildman–Crippen MR) is 120 cm³/mol. The molecular weight excluding hydrogens is 404 g/mol. The molecule has 1 aromatic heterocycles. The van der Waals surface area contributed by atoms with Gasteiger partial charge in [0.1, 0.15) is 11.5 Å². The molecule has 0 bridgehead atoms. The number of hydrogen-bond donors (Lipinski definition) is 2. The molecule has 1 atom stereocenters. The van der Waals surface area contributed by atoms with Gasteiger partial charge in [-0.15, -0.1) is 0 Å². The molecule has 1 fully saturated rings. The van der Waals surface area contributed by atoms with Crippen molar-refractivity contribution in [1.82, 2.24) is 15.3 Å². The average Bonchev–Trinajstić information content (AvgIpc) is 3.12. The topological polar surface area (TPSA) is 95.4 Å². The highest BCUT2D eigenvalue weighted by molar-refractivity contribution is 6.07. The Bertz CT molecular complexity index is 1140. The van der Waals surface area contributed by atoms with Crippen molar-refractivity contribution < 1.29 is 14.7 Å². The van der Waals surface area contributed by atoms with Crippen LogP contribution in [-0.4, -0.2) is 40.0 Å². The molecule has 0 unspecified atom stereocenters. The summed E-state index contributed by atoms with van der Waals surface area (Å²) < 4.78 is 0. The van der Waals surface area contributed by atoms with E-state index in [0.29, 0.717) is 11.3 Å². The van der Waals surface area contributed by atoms with Gasteiger partial charge in [-0.3, -0.25) is 4.79 Å². The summed E-state index contributed by atoms with van der Waals surface area (Å²) in [6.45, 7) is 1.51. The quantitative estimate of drug-likeness (QED) is 0.613. The number of piperidine rings is 1. The zero-order valence-corrected chi connectivity index (χ0v) is 17.6. The molecule has 1 amide bonds. The SMILES string of the molecule is O=C(O)N[C@@H]1c2ccccc2CC12CCN(c1cnc(C(=O)c3ccccc3)cn1)CC2. The van der Waals surface area contributed by atoms with Crippen LogP contribution in [0.5, 0.6) is 0 Å². The van der Waals surface area contributed by atoms with Crippen molar-refractivity contribution in [1.29, 1.82) is 0 Å². The second-order valence-corrected chi connectivity index (χ2v) is 8.56.